The molecule has 9 heteroatoms. The number of aryl methyl sites for hydroxylation is 1. The molecule has 0 spiro atoms. The summed E-state index contributed by atoms with van der Waals surface area (Å²) in [6.45, 7) is 8.66. The lowest BCUT2D eigenvalue weighted by molar-refractivity contribution is 0.116. The number of carbonyl (C=O) groups excluding carboxylic acids is 1. The van der Waals surface area contributed by atoms with Crippen LogP contribution in [-0.4, -0.2) is 85.4 Å². The van der Waals surface area contributed by atoms with Gasteiger partial charge in [0.2, 0.25) is 0 Å². The molecule has 2 amide bonds. The van der Waals surface area contributed by atoms with Crippen LogP contribution >= 0.6 is 0 Å². The van der Waals surface area contributed by atoms with Crippen LogP contribution in [0.2, 0.25) is 0 Å². The van der Waals surface area contributed by atoms with Crippen LogP contribution in [-0.2, 0) is 4.74 Å². The van der Waals surface area contributed by atoms with Crippen molar-refractivity contribution in [3.8, 4) is 11.4 Å². The summed E-state index contributed by atoms with van der Waals surface area (Å²) in [5, 5.41) is 4.82. The number of anilines is 2. The molecule has 0 aliphatic carbocycles. The van der Waals surface area contributed by atoms with Gasteiger partial charge >= 0.3 is 6.03 Å². The number of aromatic nitrogens is 2. The number of hydrogen-bond donors (Lipinski definition) is 2. The molecule has 30 heavy (non-hydrogen) atoms. The molecular formula is C21H29N7O2. The lowest BCUT2D eigenvalue weighted by Gasteiger charge is -2.32. The third-order valence-electron chi connectivity index (χ3n) is 5.42. The van der Waals surface area contributed by atoms with Gasteiger partial charge in [-0.3, -0.25) is 5.43 Å². The van der Waals surface area contributed by atoms with E-state index in [0.29, 0.717) is 5.82 Å². The maximum atomic E-state index is 12.3. The van der Waals surface area contributed by atoms with E-state index >= 15 is 0 Å². The van der Waals surface area contributed by atoms with Crippen LogP contribution in [0.1, 0.15) is 5.56 Å². The van der Waals surface area contributed by atoms with Crippen molar-refractivity contribution in [1.82, 2.24) is 25.3 Å². The number of nitrogens with zero attached hydrogens (tertiary/aromatic N) is 5. The van der Waals surface area contributed by atoms with E-state index < -0.39 is 0 Å². The van der Waals surface area contributed by atoms with Crippen LogP contribution in [0.5, 0.6) is 0 Å². The number of benzene rings is 1. The monoisotopic (exact) mass is 411 g/mol. The summed E-state index contributed by atoms with van der Waals surface area (Å²) in [6.07, 6.45) is 1.86. The standard InChI is InChI=1S/C21H29N7O2/c1-16-15-22-19(24-20(16)27-11-13-30-14-12-27)17-3-5-18(6-4-17)23-21(29)25-28-9-7-26(2)8-10-28/h3-6,15H,7-14H2,1-2H3,(H2,23,25,29). The minimum Gasteiger partial charge on any atom is -0.378 e. The maximum Gasteiger partial charge on any atom is 0.333 e. The first-order chi connectivity index (χ1) is 14.6. The summed E-state index contributed by atoms with van der Waals surface area (Å²) < 4.78 is 5.44. The Hall–Kier alpha value is -2.75. The van der Waals surface area contributed by atoms with Gasteiger partial charge in [0.15, 0.2) is 5.82 Å². The lowest BCUT2D eigenvalue weighted by atomic mass is 10.2. The molecule has 0 bridgehead atoms. The zero-order valence-electron chi connectivity index (χ0n) is 17.6. The molecule has 2 fully saturated rings. The molecule has 2 N–H and O–H groups in total. The number of nitrogens with one attached hydrogen (secondary N) is 2. The average Bonchev–Trinajstić information content (AvgIpc) is 2.77. The summed E-state index contributed by atoms with van der Waals surface area (Å²) >= 11 is 0. The molecule has 3 heterocycles. The second kappa shape index (κ2) is 9.38. The lowest BCUT2D eigenvalue weighted by Crippen LogP contribution is -2.53. The molecule has 1 aromatic heterocycles. The molecule has 0 atom stereocenters. The van der Waals surface area contributed by atoms with Crippen LogP contribution in [0, 0.1) is 6.92 Å². The summed E-state index contributed by atoms with van der Waals surface area (Å²) in [7, 11) is 2.08. The van der Waals surface area contributed by atoms with Crippen molar-refractivity contribution in [2.45, 2.75) is 6.92 Å². The number of urea groups is 1. The Morgan fingerprint density at radius 3 is 2.43 bits per heavy atom. The molecule has 160 valence electrons. The Bertz CT molecular complexity index is 860. The van der Waals surface area contributed by atoms with Crippen molar-refractivity contribution in [3.63, 3.8) is 0 Å². The minimum atomic E-state index is -0.228. The first-order valence-corrected chi connectivity index (χ1v) is 10.4. The van der Waals surface area contributed by atoms with E-state index in [4.69, 9.17) is 9.72 Å². The molecule has 2 aliphatic rings. The smallest absolute Gasteiger partial charge is 0.333 e. The van der Waals surface area contributed by atoms with E-state index in [0.717, 1.165) is 75.1 Å². The summed E-state index contributed by atoms with van der Waals surface area (Å²) in [5.41, 5.74) is 5.59. The fourth-order valence-corrected chi connectivity index (χ4v) is 3.59. The van der Waals surface area contributed by atoms with Gasteiger partial charge in [-0.25, -0.2) is 19.8 Å². The van der Waals surface area contributed by atoms with Crippen molar-refractivity contribution in [2.75, 3.05) is 69.7 Å². The van der Waals surface area contributed by atoms with E-state index in [1.165, 1.54) is 0 Å². The van der Waals surface area contributed by atoms with Gasteiger partial charge in [0.25, 0.3) is 0 Å². The SMILES string of the molecule is Cc1cnc(-c2ccc(NC(=O)NN3CCN(C)CC3)cc2)nc1N1CCOCC1. The van der Waals surface area contributed by atoms with Gasteiger partial charge in [-0.1, -0.05) is 0 Å². The topological polar surface area (TPSA) is 85.9 Å². The van der Waals surface area contributed by atoms with E-state index in [1.807, 2.05) is 42.4 Å². The molecule has 0 unspecified atom stereocenters. The summed E-state index contributed by atoms with van der Waals surface area (Å²) in [4.78, 5) is 26.0. The predicted molar refractivity (Wildman–Crippen MR) is 116 cm³/mol. The van der Waals surface area contributed by atoms with Crippen molar-refractivity contribution < 1.29 is 9.53 Å². The first-order valence-electron chi connectivity index (χ1n) is 10.4. The van der Waals surface area contributed by atoms with E-state index in [-0.39, 0.29) is 6.03 Å². The number of amides is 2. The number of hydrazine groups is 1. The summed E-state index contributed by atoms with van der Waals surface area (Å²) in [5.74, 6) is 1.63. The summed E-state index contributed by atoms with van der Waals surface area (Å²) in [6, 6.07) is 7.37. The Morgan fingerprint density at radius 2 is 1.73 bits per heavy atom. The third kappa shape index (κ3) is 5.05. The van der Waals surface area contributed by atoms with Crippen LogP contribution in [0.3, 0.4) is 0 Å². The number of ether oxygens (including phenoxy) is 1. The van der Waals surface area contributed by atoms with Gasteiger partial charge in [-0.15, -0.1) is 0 Å². The Kier molecular flexibility index (Phi) is 6.41. The molecule has 9 nitrogen and oxygen atoms in total. The minimum absolute atomic E-state index is 0.228. The van der Waals surface area contributed by atoms with Gasteiger partial charge in [0.1, 0.15) is 5.82 Å². The zero-order chi connectivity index (χ0) is 20.9. The predicted octanol–water partition coefficient (Wildman–Crippen LogP) is 1.57. The fraction of sp³-hybridized carbons (Fsp3) is 0.476. The molecule has 0 radical (unpaired) electrons. The van der Waals surface area contributed by atoms with Crippen molar-refractivity contribution in [2.24, 2.45) is 0 Å². The number of likely N-dealkylation sites (N-methyl/N-ethyl adjacent to an activating group) is 1. The molecule has 2 aliphatic heterocycles. The highest BCUT2D eigenvalue weighted by Crippen LogP contribution is 2.23. The first kappa shape index (κ1) is 20.5. The molecule has 2 saturated heterocycles. The number of rotatable bonds is 4. The number of piperazine rings is 1. The van der Waals surface area contributed by atoms with Gasteiger partial charge in [-0.2, -0.15) is 0 Å². The maximum absolute atomic E-state index is 12.3. The van der Waals surface area contributed by atoms with Crippen LogP contribution in [0.4, 0.5) is 16.3 Å². The number of morpholine rings is 1. The van der Waals surface area contributed by atoms with Crippen LogP contribution < -0.4 is 15.6 Å². The Labute approximate surface area is 177 Å². The second-order valence-corrected chi connectivity index (χ2v) is 7.73. The average molecular weight is 412 g/mol. The molecule has 1 aromatic carbocycles. The highest BCUT2D eigenvalue weighted by molar-refractivity contribution is 5.89. The van der Waals surface area contributed by atoms with Gasteiger partial charge in [0.05, 0.1) is 13.2 Å². The number of hydrogen-bond acceptors (Lipinski definition) is 7. The van der Waals surface area contributed by atoms with E-state index in [2.05, 4.69) is 32.6 Å². The normalized spacial score (nSPS) is 18.3. The molecular weight excluding hydrogens is 382 g/mol. The van der Waals surface area contributed by atoms with Crippen LogP contribution in [0.15, 0.2) is 30.5 Å². The molecule has 2 aromatic rings. The molecule has 0 saturated carbocycles. The van der Waals surface area contributed by atoms with Gasteiger partial charge < -0.3 is 19.9 Å². The van der Waals surface area contributed by atoms with Crippen molar-refractivity contribution >= 4 is 17.5 Å². The van der Waals surface area contributed by atoms with Crippen molar-refractivity contribution in [3.05, 3.63) is 36.0 Å². The Balaban J connectivity index is 1.39. The van der Waals surface area contributed by atoms with Gasteiger partial charge in [0, 0.05) is 62.3 Å². The zero-order valence-corrected chi connectivity index (χ0v) is 17.6. The quantitative estimate of drug-likeness (QED) is 0.790. The number of carbonyl (C=O) groups is 1. The largest absolute Gasteiger partial charge is 0.378 e. The highest BCUT2D eigenvalue weighted by Gasteiger charge is 2.17. The highest BCUT2D eigenvalue weighted by atomic mass is 16.5. The molecule has 4 rings (SSSR count). The van der Waals surface area contributed by atoms with Gasteiger partial charge in [-0.05, 0) is 38.2 Å². The fourth-order valence-electron chi connectivity index (χ4n) is 3.59. The Morgan fingerprint density at radius 1 is 1.03 bits per heavy atom. The second-order valence-electron chi connectivity index (χ2n) is 7.73. The van der Waals surface area contributed by atoms with E-state index in [1.54, 1.807) is 0 Å². The van der Waals surface area contributed by atoms with Crippen molar-refractivity contribution in [1.29, 1.82) is 0 Å². The van der Waals surface area contributed by atoms with Crippen LogP contribution in [0.25, 0.3) is 11.4 Å². The third-order valence-corrected chi connectivity index (χ3v) is 5.42. The van der Waals surface area contributed by atoms with E-state index in [9.17, 15) is 4.79 Å².